The van der Waals surface area contributed by atoms with Crippen LogP contribution in [0.3, 0.4) is 0 Å². The SMILES string of the molecule is CCc1ccc(C2NC(=O)c3[nH]nc(-c4ccccc4)c32)cc1. The number of hydrogen-bond acceptors (Lipinski definition) is 2. The van der Waals surface area contributed by atoms with E-state index in [1.54, 1.807) is 0 Å². The lowest BCUT2D eigenvalue weighted by molar-refractivity contribution is 0.0955. The van der Waals surface area contributed by atoms with Crippen LogP contribution < -0.4 is 5.32 Å². The topological polar surface area (TPSA) is 57.8 Å². The quantitative estimate of drug-likeness (QED) is 0.778. The summed E-state index contributed by atoms with van der Waals surface area (Å²) < 4.78 is 0. The molecule has 0 saturated carbocycles. The molecule has 4 nitrogen and oxygen atoms in total. The lowest BCUT2D eigenvalue weighted by atomic mass is 9.96. The summed E-state index contributed by atoms with van der Waals surface area (Å²) in [5, 5.41) is 10.3. The molecule has 1 unspecified atom stereocenters. The Labute approximate surface area is 134 Å². The van der Waals surface area contributed by atoms with Gasteiger partial charge in [-0.1, -0.05) is 61.5 Å². The monoisotopic (exact) mass is 303 g/mol. The lowest BCUT2D eigenvalue weighted by Crippen LogP contribution is -2.21. The zero-order valence-electron chi connectivity index (χ0n) is 12.8. The number of carbonyl (C=O) groups excluding carboxylic acids is 1. The molecular weight excluding hydrogens is 286 g/mol. The van der Waals surface area contributed by atoms with Crippen molar-refractivity contribution < 1.29 is 4.79 Å². The molecule has 0 fully saturated rings. The molecule has 2 heterocycles. The normalized spacial score (nSPS) is 16.2. The number of amides is 1. The molecule has 4 heteroatoms. The van der Waals surface area contributed by atoms with Crippen LogP contribution in [-0.4, -0.2) is 16.1 Å². The Hall–Kier alpha value is -2.88. The van der Waals surface area contributed by atoms with Crippen LogP contribution in [0, 0.1) is 0 Å². The van der Waals surface area contributed by atoms with Crippen LogP contribution in [0.15, 0.2) is 54.6 Å². The Kier molecular flexibility index (Phi) is 3.23. The summed E-state index contributed by atoms with van der Waals surface area (Å²) in [4.78, 5) is 12.2. The number of rotatable bonds is 3. The van der Waals surface area contributed by atoms with E-state index in [4.69, 9.17) is 0 Å². The second-order valence-electron chi connectivity index (χ2n) is 5.73. The molecule has 2 aromatic carbocycles. The third kappa shape index (κ3) is 2.23. The maximum Gasteiger partial charge on any atom is 0.270 e. The largest absolute Gasteiger partial charge is 0.340 e. The molecule has 0 radical (unpaired) electrons. The Morgan fingerprint density at radius 3 is 2.48 bits per heavy atom. The van der Waals surface area contributed by atoms with Gasteiger partial charge >= 0.3 is 0 Å². The summed E-state index contributed by atoms with van der Waals surface area (Å²) in [5.41, 5.74) is 5.71. The van der Waals surface area contributed by atoms with Crippen molar-refractivity contribution in [3.8, 4) is 11.3 Å². The molecule has 3 aromatic rings. The molecule has 1 aliphatic rings. The average Bonchev–Trinajstić information content (AvgIpc) is 3.17. The predicted octanol–water partition coefficient (Wildman–Crippen LogP) is 3.47. The van der Waals surface area contributed by atoms with E-state index in [1.807, 2.05) is 30.3 Å². The first-order valence-corrected chi connectivity index (χ1v) is 7.81. The maximum absolute atomic E-state index is 12.2. The van der Waals surface area contributed by atoms with Crippen molar-refractivity contribution in [3.63, 3.8) is 0 Å². The van der Waals surface area contributed by atoms with Gasteiger partial charge in [0.15, 0.2) is 0 Å². The number of H-pyrrole nitrogens is 1. The first-order chi connectivity index (χ1) is 11.3. The van der Waals surface area contributed by atoms with E-state index in [0.29, 0.717) is 5.69 Å². The van der Waals surface area contributed by atoms with E-state index in [-0.39, 0.29) is 11.9 Å². The third-order valence-electron chi connectivity index (χ3n) is 4.36. The zero-order chi connectivity index (χ0) is 15.8. The third-order valence-corrected chi connectivity index (χ3v) is 4.36. The first kappa shape index (κ1) is 13.8. The number of aryl methyl sites for hydroxylation is 1. The van der Waals surface area contributed by atoms with Crippen molar-refractivity contribution in [2.24, 2.45) is 0 Å². The highest BCUT2D eigenvalue weighted by molar-refractivity contribution is 6.00. The molecule has 1 aromatic heterocycles. The van der Waals surface area contributed by atoms with Gasteiger partial charge in [0.2, 0.25) is 0 Å². The molecule has 114 valence electrons. The van der Waals surface area contributed by atoms with E-state index in [9.17, 15) is 4.79 Å². The summed E-state index contributed by atoms with van der Waals surface area (Å²) in [6.07, 6.45) is 1.00. The minimum atomic E-state index is -0.155. The van der Waals surface area contributed by atoms with Crippen LogP contribution >= 0.6 is 0 Å². The smallest absolute Gasteiger partial charge is 0.270 e. The molecule has 1 aliphatic heterocycles. The van der Waals surface area contributed by atoms with Crippen molar-refractivity contribution in [3.05, 3.63) is 77.0 Å². The van der Waals surface area contributed by atoms with Crippen molar-refractivity contribution >= 4 is 5.91 Å². The second kappa shape index (κ2) is 5.39. The highest BCUT2D eigenvalue weighted by atomic mass is 16.2. The van der Waals surface area contributed by atoms with Crippen LogP contribution in [0.5, 0.6) is 0 Å². The fraction of sp³-hybridized carbons (Fsp3) is 0.158. The van der Waals surface area contributed by atoms with Crippen LogP contribution in [0.2, 0.25) is 0 Å². The zero-order valence-corrected chi connectivity index (χ0v) is 12.8. The first-order valence-electron chi connectivity index (χ1n) is 7.81. The van der Waals surface area contributed by atoms with E-state index >= 15 is 0 Å². The number of fused-ring (bicyclic) bond motifs is 1. The van der Waals surface area contributed by atoms with Crippen molar-refractivity contribution in [2.75, 3.05) is 0 Å². The van der Waals surface area contributed by atoms with Gasteiger partial charge < -0.3 is 5.32 Å². The number of carbonyl (C=O) groups is 1. The molecule has 23 heavy (non-hydrogen) atoms. The highest BCUT2D eigenvalue weighted by Gasteiger charge is 2.35. The molecule has 0 aliphatic carbocycles. The summed E-state index contributed by atoms with van der Waals surface area (Å²) in [6.45, 7) is 2.13. The summed E-state index contributed by atoms with van der Waals surface area (Å²) in [7, 11) is 0. The molecule has 2 N–H and O–H groups in total. The fourth-order valence-corrected chi connectivity index (χ4v) is 3.09. The van der Waals surface area contributed by atoms with Gasteiger partial charge in [-0.15, -0.1) is 0 Å². The van der Waals surface area contributed by atoms with Crippen LogP contribution in [0.4, 0.5) is 0 Å². The molecule has 0 spiro atoms. The van der Waals surface area contributed by atoms with Gasteiger partial charge in [-0.25, -0.2) is 0 Å². The minimum absolute atomic E-state index is 0.0979. The highest BCUT2D eigenvalue weighted by Crippen LogP contribution is 2.36. The van der Waals surface area contributed by atoms with Crippen LogP contribution in [0.25, 0.3) is 11.3 Å². The van der Waals surface area contributed by atoms with Gasteiger partial charge in [-0.2, -0.15) is 5.10 Å². The molecule has 0 bridgehead atoms. The number of aromatic amines is 1. The van der Waals surface area contributed by atoms with E-state index in [1.165, 1.54) is 5.56 Å². The van der Waals surface area contributed by atoms with Gasteiger partial charge in [-0.05, 0) is 17.5 Å². The minimum Gasteiger partial charge on any atom is -0.340 e. The number of aromatic nitrogens is 2. The van der Waals surface area contributed by atoms with Gasteiger partial charge in [0, 0.05) is 11.1 Å². The van der Waals surface area contributed by atoms with Gasteiger partial charge in [0.05, 0.1) is 11.7 Å². The van der Waals surface area contributed by atoms with Crippen LogP contribution in [-0.2, 0) is 6.42 Å². The van der Waals surface area contributed by atoms with Gasteiger partial charge in [-0.3, -0.25) is 9.89 Å². The van der Waals surface area contributed by atoms with E-state index in [0.717, 1.165) is 28.8 Å². The number of nitrogens with zero attached hydrogens (tertiary/aromatic N) is 1. The number of nitrogens with one attached hydrogen (secondary N) is 2. The van der Waals surface area contributed by atoms with Gasteiger partial charge in [0.25, 0.3) is 5.91 Å². The Bertz CT molecular complexity index is 850. The predicted molar refractivity (Wildman–Crippen MR) is 89.2 cm³/mol. The number of benzene rings is 2. The number of hydrogen-bond donors (Lipinski definition) is 2. The summed E-state index contributed by atoms with van der Waals surface area (Å²) in [5.74, 6) is -0.0979. The van der Waals surface area contributed by atoms with Gasteiger partial charge in [0.1, 0.15) is 5.69 Å². The second-order valence-corrected chi connectivity index (χ2v) is 5.73. The molecule has 1 atom stereocenters. The molecular formula is C19H17N3O. The average molecular weight is 303 g/mol. The van der Waals surface area contributed by atoms with Crippen LogP contribution in [0.1, 0.15) is 40.1 Å². The summed E-state index contributed by atoms with van der Waals surface area (Å²) in [6, 6.07) is 18.2. The van der Waals surface area contributed by atoms with Crippen molar-refractivity contribution in [1.29, 1.82) is 0 Å². The molecule has 1 amide bonds. The van der Waals surface area contributed by atoms with E-state index < -0.39 is 0 Å². The summed E-state index contributed by atoms with van der Waals surface area (Å²) >= 11 is 0. The van der Waals surface area contributed by atoms with Crippen molar-refractivity contribution in [1.82, 2.24) is 15.5 Å². The molecule has 0 saturated heterocycles. The maximum atomic E-state index is 12.2. The molecule has 4 rings (SSSR count). The Morgan fingerprint density at radius 1 is 1.04 bits per heavy atom. The fourth-order valence-electron chi connectivity index (χ4n) is 3.09. The Morgan fingerprint density at radius 2 is 1.78 bits per heavy atom. The van der Waals surface area contributed by atoms with E-state index in [2.05, 4.69) is 46.7 Å². The Balaban J connectivity index is 1.81. The van der Waals surface area contributed by atoms with Crippen molar-refractivity contribution in [2.45, 2.75) is 19.4 Å². The lowest BCUT2D eigenvalue weighted by Gasteiger charge is -2.13. The standard InChI is InChI=1S/C19H17N3O/c1-2-12-8-10-14(11-9-12)16-15-17(13-6-4-3-5-7-13)21-22-18(15)19(23)20-16/h3-11,16H,2H2,1H3,(H,20,23)(H,21,22).